The van der Waals surface area contributed by atoms with E-state index in [1.165, 1.54) is 0 Å². The highest BCUT2D eigenvalue weighted by atomic mass is 16.2. The van der Waals surface area contributed by atoms with Gasteiger partial charge in [0.15, 0.2) is 0 Å². The number of benzene rings is 1. The molecule has 0 aliphatic rings. The van der Waals surface area contributed by atoms with Crippen LogP contribution >= 0.6 is 0 Å². The van der Waals surface area contributed by atoms with Crippen molar-refractivity contribution in [1.29, 1.82) is 0 Å². The third-order valence-electron chi connectivity index (χ3n) is 2.80. The number of rotatable bonds is 6. The number of hydrogen-bond donors (Lipinski definition) is 3. The highest BCUT2D eigenvalue weighted by molar-refractivity contribution is 5.96. The summed E-state index contributed by atoms with van der Waals surface area (Å²) in [6.45, 7) is 5.06. The van der Waals surface area contributed by atoms with E-state index in [-0.39, 0.29) is 18.4 Å². The molecule has 0 fully saturated rings. The quantitative estimate of drug-likeness (QED) is 0.665. The maximum Gasteiger partial charge on any atom is 0.251 e. The van der Waals surface area contributed by atoms with Crippen LogP contribution in [-0.4, -0.2) is 38.5 Å². The highest BCUT2D eigenvalue weighted by Gasteiger charge is 2.12. The molecule has 0 unspecified atom stereocenters. The summed E-state index contributed by atoms with van der Waals surface area (Å²) < 4.78 is 0. The summed E-state index contributed by atoms with van der Waals surface area (Å²) in [6.07, 6.45) is 0. The summed E-state index contributed by atoms with van der Waals surface area (Å²) in [5.74, 6) is -0.238. The van der Waals surface area contributed by atoms with Gasteiger partial charge in [0.1, 0.15) is 0 Å². The number of anilines is 2. The maximum absolute atomic E-state index is 11.8. The molecule has 0 aromatic heterocycles. The van der Waals surface area contributed by atoms with Crippen LogP contribution in [0.4, 0.5) is 11.4 Å². The zero-order chi connectivity index (χ0) is 15.1. The van der Waals surface area contributed by atoms with E-state index >= 15 is 0 Å². The Morgan fingerprint density at radius 2 is 1.85 bits per heavy atom. The zero-order valence-corrected chi connectivity index (χ0v) is 12.2. The first-order valence-electron chi connectivity index (χ1n) is 6.65. The lowest BCUT2D eigenvalue weighted by atomic mass is 10.1. The molecule has 0 saturated carbocycles. The molecule has 0 aliphatic carbocycles. The van der Waals surface area contributed by atoms with Gasteiger partial charge in [0.05, 0.1) is 17.9 Å². The van der Waals surface area contributed by atoms with Crippen LogP contribution in [0.2, 0.25) is 0 Å². The summed E-state index contributed by atoms with van der Waals surface area (Å²) in [5.41, 5.74) is 7.63. The molecule has 1 rings (SSSR count). The Labute approximate surface area is 119 Å². The Bertz CT molecular complexity index is 488. The molecule has 110 valence electrons. The Kier molecular flexibility index (Phi) is 5.83. The van der Waals surface area contributed by atoms with Crippen molar-refractivity contribution in [3.05, 3.63) is 23.8 Å². The molecule has 0 atom stereocenters. The van der Waals surface area contributed by atoms with Gasteiger partial charge in [0.25, 0.3) is 5.91 Å². The lowest BCUT2D eigenvalue weighted by molar-refractivity contribution is -0.119. The van der Waals surface area contributed by atoms with Gasteiger partial charge < -0.3 is 21.3 Å². The van der Waals surface area contributed by atoms with E-state index in [9.17, 15) is 9.59 Å². The molecule has 1 aromatic carbocycles. The van der Waals surface area contributed by atoms with Crippen molar-refractivity contribution in [2.24, 2.45) is 0 Å². The second kappa shape index (κ2) is 7.37. The number of nitrogens with one attached hydrogen (secondary N) is 2. The van der Waals surface area contributed by atoms with E-state index in [1.807, 2.05) is 13.8 Å². The molecule has 6 heteroatoms. The largest absolute Gasteiger partial charge is 0.397 e. The fraction of sp³-hybridized carbons (Fsp3) is 0.429. The lowest BCUT2D eigenvalue weighted by Crippen LogP contribution is -2.35. The molecule has 0 spiro atoms. The smallest absolute Gasteiger partial charge is 0.251 e. The molecule has 4 N–H and O–H groups in total. The Balaban J connectivity index is 2.90. The van der Waals surface area contributed by atoms with Gasteiger partial charge in [-0.1, -0.05) is 0 Å². The van der Waals surface area contributed by atoms with Crippen molar-refractivity contribution in [2.75, 3.05) is 37.3 Å². The van der Waals surface area contributed by atoms with E-state index in [0.717, 1.165) is 0 Å². The first-order valence-corrected chi connectivity index (χ1v) is 6.65. The molecule has 1 aromatic rings. The summed E-state index contributed by atoms with van der Waals surface area (Å²) in [4.78, 5) is 25.1. The van der Waals surface area contributed by atoms with E-state index in [4.69, 9.17) is 5.73 Å². The second-order valence-electron chi connectivity index (χ2n) is 4.44. The number of nitrogen functional groups attached to an aromatic ring is 1. The minimum Gasteiger partial charge on any atom is -0.397 e. The minimum absolute atomic E-state index is 0.0854. The van der Waals surface area contributed by atoms with Gasteiger partial charge in [-0.05, 0) is 32.0 Å². The number of nitrogens with two attached hydrogens (primary N) is 1. The third kappa shape index (κ3) is 4.15. The molecule has 6 nitrogen and oxygen atoms in total. The molecule has 0 heterocycles. The molecule has 0 aliphatic heterocycles. The number of amides is 2. The van der Waals surface area contributed by atoms with Crippen molar-refractivity contribution in [3.8, 4) is 0 Å². The fourth-order valence-electron chi connectivity index (χ4n) is 1.83. The third-order valence-corrected chi connectivity index (χ3v) is 2.80. The van der Waals surface area contributed by atoms with E-state index in [2.05, 4.69) is 10.6 Å². The molecular formula is C14H22N4O2. The average Bonchev–Trinajstić information content (AvgIpc) is 2.39. The number of hydrogen-bond acceptors (Lipinski definition) is 4. The van der Waals surface area contributed by atoms with Crippen LogP contribution in [0.5, 0.6) is 0 Å². The van der Waals surface area contributed by atoms with E-state index in [0.29, 0.717) is 30.0 Å². The van der Waals surface area contributed by atoms with Crippen LogP contribution in [0.25, 0.3) is 0 Å². The van der Waals surface area contributed by atoms with Gasteiger partial charge in [-0.25, -0.2) is 0 Å². The molecule has 2 amide bonds. The van der Waals surface area contributed by atoms with Crippen molar-refractivity contribution >= 4 is 23.2 Å². The van der Waals surface area contributed by atoms with Crippen molar-refractivity contribution in [3.63, 3.8) is 0 Å². The SMILES string of the molecule is CCNC(=O)CN(C)c1cc(C(=O)NCC)ccc1N. The molecule has 20 heavy (non-hydrogen) atoms. The van der Waals surface area contributed by atoms with Gasteiger partial charge in [-0.15, -0.1) is 0 Å². The van der Waals surface area contributed by atoms with Crippen molar-refractivity contribution < 1.29 is 9.59 Å². The Morgan fingerprint density at radius 1 is 1.20 bits per heavy atom. The average molecular weight is 278 g/mol. The van der Waals surface area contributed by atoms with Gasteiger partial charge in [-0.3, -0.25) is 9.59 Å². The summed E-state index contributed by atoms with van der Waals surface area (Å²) in [7, 11) is 1.77. The summed E-state index contributed by atoms with van der Waals surface area (Å²) >= 11 is 0. The molecule has 0 saturated heterocycles. The molecule has 0 bridgehead atoms. The number of carbonyl (C=O) groups is 2. The monoisotopic (exact) mass is 278 g/mol. The summed E-state index contributed by atoms with van der Waals surface area (Å²) in [5, 5.41) is 5.45. The predicted octanol–water partition coefficient (Wildman–Crippen LogP) is 0.591. The molecule has 0 radical (unpaired) electrons. The zero-order valence-electron chi connectivity index (χ0n) is 12.2. The highest BCUT2D eigenvalue weighted by Crippen LogP contribution is 2.23. The standard InChI is InChI=1S/C14H22N4O2/c1-4-16-13(19)9-18(3)12-8-10(6-7-11(12)15)14(20)17-5-2/h6-8H,4-5,9,15H2,1-3H3,(H,16,19)(H,17,20). The molecular weight excluding hydrogens is 256 g/mol. The normalized spacial score (nSPS) is 9.95. The van der Waals surface area contributed by atoms with Crippen LogP contribution in [0.15, 0.2) is 18.2 Å². The minimum atomic E-state index is -0.153. The second-order valence-corrected chi connectivity index (χ2v) is 4.44. The number of carbonyl (C=O) groups excluding carboxylic acids is 2. The van der Waals surface area contributed by atoms with Crippen LogP contribution in [0.3, 0.4) is 0 Å². The van der Waals surface area contributed by atoms with Crippen LogP contribution in [0.1, 0.15) is 24.2 Å². The summed E-state index contributed by atoms with van der Waals surface area (Å²) in [6, 6.07) is 5.04. The van der Waals surface area contributed by atoms with Gasteiger partial charge in [0, 0.05) is 25.7 Å². The maximum atomic E-state index is 11.8. The number of nitrogens with zero attached hydrogens (tertiary/aromatic N) is 1. The van der Waals surface area contributed by atoms with Crippen LogP contribution < -0.4 is 21.3 Å². The van der Waals surface area contributed by atoms with E-state index in [1.54, 1.807) is 30.1 Å². The topological polar surface area (TPSA) is 87.5 Å². The Morgan fingerprint density at radius 3 is 2.45 bits per heavy atom. The number of likely N-dealkylation sites (N-methyl/N-ethyl adjacent to an activating group) is 2. The fourth-order valence-corrected chi connectivity index (χ4v) is 1.83. The lowest BCUT2D eigenvalue weighted by Gasteiger charge is -2.21. The predicted molar refractivity (Wildman–Crippen MR) is 80.8 cm³/mol. The van der Waals surface area contributed by atoms with Crippen molar-refractivity contribution in [1.82, 2.24) is 10.6 Å². The first-order chi connectivity index (χ1) is 9.49. The van der Waals surface area contributed by atoms with Gasteiger partial charge in [0.2, 0.25) is 5.91 Å². The van der Waals surface area contributed by atoms with Crippen LogP contribution in [0, 0.1) is 0 Å². The van der Waals surface area contributed by atoms with Gasteiger partial charge in [-0.2, -0.15) is 0 Å². The van der Waals surface area contributed by atoms with Crippen molar-refractivity contribution in [2.45, 2.75) is 13.8 Å². The van der Waals surface area contributed by atoms with E-state index < -0.39 is 0 Å². The van der Waals surface area contributed by atoms with Gasteiger partial charge >= 0.3 is 0 Å². The van der Waals surface area contributed by atoms with Crippen LogP contribution in [-0.2, 0) is 4.79 Å². The Hall–Kier alpha value is -2.24. The first kappa shape index (κ1) is 15.8.